The van der Waals surface area contributed by atoms with Gasteiger partial charge >= 0.3 is 0 Å². The number of carbonyl (C=O) groups excluding carboxylic acids is 1. The molecule has 2 heterocycles. The van der Waals surface area contributed by atoms with Gasteiger partial charge in [0, 0.05) is 50.8 Å². The van der Waals surface area contributed by atoms with Gasteiger partial charge in [-0.25, -0.2) is 4.98 Å². The van der Waals surface area contributed by atoms with Crippen LogP contribution in [-0.4, -0.2) is 59.2 Å². The number of ether oxygens (including phenoxy) is 2. The van der Waals surface area contributed by atoms with Crippen LogP contribution >= 0.6 is 0 Å². The minimum absolute atomic E-state index is 0.0650. The van der Waals surface area contributed by atoms with Crippen LogP contribution in [0.15, 0.2) is 60.9 Å². The number of hydrogen-bond acceptors (Lipinski definition) is 5. The third-order valence-corrected chi connectivity index (χ3v) is 7.46. The SMILES string of the molecule is COc1ccc(N2CCN(C(=O)Cc3nccn3C)[C@@H](Cc3ccccc3)C2)cc1OC1CCCC1. The number of anilines is 1. The molecule has 2 fully saturated rings. The fraction of sp³-hybridized carbons (Fsp3) is 0.448. The molecule has 2 aromatic carbocycles. The van der Waals surface area contributed by atoms with Crippen LogP contribution in [0.5, 0.6) is 11.5 Å². The molecule has 5 rings (SSSR count). The zero-order valence-corrected chi connectivity index (χ0v) is 21.3. The molecule has 1 saturated carbocycles. The summed E-state index contributed by atoms with van der Waals surface area (Å²) < 4.78 is 13.9. The first kappa shape index (κ1) is 24.2. The van der Waals surface area contributed by atoms with Crippen LogP contribution < -0.4 is 14.4 Å². The van der Waals surface area contributed by atoms with Gasteiger partial charge in [0.15, 0.2) is 11.5 Å². The third-order valence-electron chi connectivity index (χ3n) is 7.46. The minimum Gasteiger partial charge on any atom is -0.493 e. The average Bonchev–Trinajstić information content (AvgIpc) is 3.56. The molecule has 1 saturated heterocycles. The van der Waals surface area contributed by atoms with E-state index in [0.717, 1.165) is 55.4 Å². The molecule has 0 spiro atoms. The van der Waals surface area contributed by atoms with Crippen molar-refractivity contribution >= 4 is 11.6 Å². The highest BCUT2D eigenvalue weighted by atomic mass is 16.5. The molecule has 7 nitrogen and oxygen atoms in total. The number of amides is 1. The molecule has 7 heteroatoms. The number of imidazole rings is 1. The zero-order valence-electron chi connectivity index (χ0n) is 21.3. The van der Waals surface area contributed by atoms with Crippen LogP contribution in [0.1, 0.15) is 37.1 Å². The van der Waals surface area contributed by atoms with Crippen LogP contribution in [0.25, 0.3) is 0 Å². The highest BCUT2D eigenvalue weighted by Gasteiger charge is 2.32. The molecule has 1 amide bonds. The predicted octanol–water partition coefficient (Wildman–Crippen LogP) is 4.25. The van der Waals surface area contributed by atoms with E-state index < -0.39 is 0 Å². The first-order chi connectivity index (χ1) is 17.6. The largest absolute Gasteiger partial charge is 0.493 e. The summed E-state index contributed by atoms with van der Waals surface area (Å²) in [6.45, 7) is 2.20. The van der Waals surface area contributed by atoms with Crippen molar-refractivity contribution in [3.05, 3.63) is 72.3 Å². The van der Waals surface area contributed by atoms with Gasteiger partial charge in [-0.2, -0.15) is 0 Å². The lowest BCUT2D eigenvalue weighted by molar-refractivity contribution is -0.133. The van der Waals surface area contributed by atoms with Gasteiger partial charge in [-0.3, -0.25) is 4.79 Å². The Morgan fingerprint density at radius 2 is 1.86 bits per heavy atom. The summed E-state index contributed by atoms with van der Waals surface area (Å²) in [5.41, 5.74) is 2.34. The van der Waals surface area contributed by atoms with Crippen LogP contribution in [0, 0.1) is 0 Å². The summed E-state index contributed by atoms with van der Waals surface area (Å²) in [5.74, 6) is 2.51. The first-order valence-electron chi connectivity index (χ1n) is 13.0. The number of aryl methyl sites for hydroxylation is 1. The van der Waals surface area contributed by atoms with Gasteiger partial charge in [0.25, 0.3) is 0 Å². The number of methoxy groups -OCH3 is 1. The van der Waals surface area contributed by atoms with Crippen LogP contribution in [0.3, 0.4) is 0 Å². The molecule has 1 aliphatic carbocycles. The molecule has 3 aromatic rings. The summed E-state index contributed by atoms with van der Waals surface area (Å²) >= 11 is 0. The Bertz CT molecular complexity index is 1160. The van der Waals surface area contributed by atoms with Crippen molar-refractivity contribution < 1.29 is 14.3 Å². The van der Waals surface area contributed by atoms with Gasteiger partial charge in [-0.05, 0) is 49.8 Å². The number of piperazine rings is 1. The Labute approximate surface area is 213 Å². The van der Waals surface area contributed by atoms with E-state index in [-0.39, 0.29) is 18.1 Å². The third kappa shape index (κ3) is 5.50. The van der Waals surface area contributed by atoms with E-state index in [1.54, 1.807) is 13.3 Å². The first-order valence-corrected chi connectivity index (χ1v) is 13.0. The Morgan fingerprint density at radius 3 is 2.58 bits per heavy atom. The number of nitrogens with zero attached hydrogens (tertiary/aromatic N) is 4. The minimum atomic E-state index is 0.0650. The normalized spacial score (nSPS) is 18.4. The van der Waals surface area contributed by atoms with E-state index in [1.165, 1.54) is 18.4 Å². The number of carbonyl (C=O) groups is 1. The number of aromatic nitrogens is 2. The molecular weight excluding hydrogens is 452 g/mol. The topological polar surface area (TPSA) is 59.8 Å². The van der Waals surface area contributed by atoms with Crippen LogP contribution in [-0.2, 0) is 24.7 Å². The summed E-state index contributed by atoms with van der Waals surface area (Å²) in [5, 5.41) is 0. The van der Waals surface area contributed by atoms with Crippen LogP contribution in [0.2, 0.25) is 0 Å². The molecule has 0 bridgehead atoms. The van der Waals surface area contributed by atoms with Gasteiger partial charge in [-0.15, -0.1) is 0 Å². The molecular formula is C29H36N4O3. The highest BCUT2D eigenvalue weighted by molar-refractivity contribution is 5.79. The Balaban J connectivity index is 1.36. The van der Waals surface area contributed by atoms with Gasteiger partial charge in [-0.1, -0.05) is 30.3 Å². The Morgan fingerprint density at radius 1 is 1.06 bits per heavy atom. The molecule has 1 aromatic heterocycles. The molecule has 1 atom stereocenters. The maximum absolute atomic E-state index is 13.4. The van der Waals surface area contributed by atoms with E-state index in [9.17, 15) is 4.79 Å². The quantitative estimate of drug-likeness (QED) is 0.474. The van der Waals surface area contributed by atoms with E-state index in [1.807, 2.05) is 29.9 Å². The van der Waals surface area contributed by atoms with Crippen molar-refractivity contribution in [3.63, 3.8) is 0 Å². The second kappa shape index (κ2) is 11.1. The molecule has 36 heavy (non-hydrogen) atoms. The number of hydrogen-bond donors (Lipinski definition) is 0. The second-order valence-electron chi connectivity index (χ2n) is 9.87. The van der Waals surface area contributed by atoms with E-state index in [0.29, 0.717) is 13.0 Å². The number of benzene rings is 2. The predicted molar refractivity (Wildman–Crippen MR) is 141 cm³/mol. The van der Waals surface area contributed by atoms with Gasteiger partial charge < -0.3 is 23.8 Å². The van der Waals surface area contributed by atoms with Gasteiger partial charge in [0.05, 0.1) is 25.7 Å². The molecule has 0 unspecified atom stereocenters. The van der Waals surface area contributed by atoms with Gasteiger partial charge in [0.1, 0.15) is 5.82 Å². The summed E-state index contributed by atoms with van der Waals surface area (Å²) in [6.07, 6.45) is 9.67. The van der Waals surface area contributed by atoms with Crippen molar-refractivity contribution in [2.75, 3.05) is 31.6 Å². The maximum Gasteiger partial charge on any atom is 0.230 e. The second-order valence-corrected chi connectivity index (χ2v) is 9.87. The molecule has 2 aliphatic rings. The van der Waals surface area contributed by atoms with Crippen molar-refractivity contribution in [3.8, 4) is 11.5 Å². The van der Waals surface area contributed by atoms with Crippen molar-refractivity contribution in [1.82, 2.24) is 14.5 Å². The fourth-order valence-electron chi connectivity index (χ4n) is 5.42. The standard InChI is InChI=1S/C29H36N4O3/c1-31-15-14-30-28(31)20-29(34)33-17-16-32(21-24(33)18-22-8-4-3-5-9-22)23-12-13-26(35-2)27(19-23)36-25-10-6-7-11-25/h3-5,8-9,12-15,19,24-25H,6-7,10-11,16-18,20-21H2,1-2H3/t24-/m0/s1. The van der Waals surface area contributed by atoms with Crippen LogP contribution in [0.4, 0.5) is 5.69 Å². The smallest absolute Gasteiger partial charge is 0.230 e. The Kier molecular flexibility index (Phi) is 7.44. The van der Waals surface area contributed by atoms with E-state index >= 15 is 0 Å². The highest BCUT2D eigenvalue weighted by Crippen LogP contribution is 2.36. The van der Waals surface area contributed by atoms with Crippen molar-refractivity contribution in [1.29, 1.82) is 0 Å². The molecule has 0 radical (unpaired) electrons. The number of rotatable bonds is 8. The summed E-state index contributed by atoms with van der Waals surface area (Å²) in [7, 11) is 3.63. The Hall–Kier alpha value is -3.48. The summed E-state index contributed by atoms with van der Waals surface area (Å²) in [4.78, 5) is 22.2. The van der Waals surface area contributed by atoms with Gasteiger partial charge in [0.2, 0.25) is 5.91 Å². The monoisotopic (exact) mass is 488 g/mol. The lowest BCUT2D eigenvalue weighted by Gasteiger charge is -2.43. The summed E-state index contributed by atoms with van der Waals surface area (Å²) in [6, 6.07) is 16.7. The average molecular weight is 489 g/mol. The lowest BCUT2D eigenvalue weighted by atomic mass is 10.0. The van der Waals surface area contributed by atoms with E-state index in [4.69, 9.17) is 9.47 Å². The molecule has 190 valence electrons. The lowest BCUT2D eigenvalue weighted by Crippen LogP contribution is -2.56. The zero-order chi connectivity index (χ0) is 24.9. The molecule has 1 aliphatic heterocycles. The maximum atomic E-state index is 13.4. The van der Waals surface area contributed by atoms with Crippen molar-refractivity contribution in [2.24, 2.45) is 7.05 Å². The molecule has 0 N–H and O–H groups in total. The van der Waals surface area contributed by atoms with Crippen molar-refractivity contribution in [2.45, 2.75) is 50.7 Å². The van der Waals surface area contributed by atoms with E-state index in [2.05, 4.69) is 51.2 Å². The fourth-order valence-corrected chi connectivity index (χ4v) is 5.42.